The van der Waals surface area contributed by atoms with E-state index in [1.807, 2.05) is 6.92 Å². The van der Waals surface area contributed by atoms with Crippen molar-refractivity contribution < 1.29 is 9.72 Å². The zero-order valence-electron chi connectivity index (χ0n) is 10.3. The van der Waals surface area contributed by atoms with Gasteiger partial charge in [0.2, 0.25) is 5.91 Å². The Bertz CT molecular complexity index is 462. The Morgan fingerprint density at radius 2 is 2.22 bits per heavy atom. The van der Waals surface area contributed by atoms with Crippen LogP contribution in [0.3, 0.4) is 0 Å². The number of rotatable bonds is 5. The van der Waals surface area contributed by atoms with Gasteiger partial charge in [-0.15, -0.1) is 0 Å². The molecule has 0 saturated heterocycles. The molecule has 1 atom stereocenters. The highest BCUT2D eigenvalue weighted by Gasteiger charge is 2.14. The van der Waals surface area contributed by atoms with Gasteiger partial charge in [-0.25, -0.2) is 0 Å². The molecule has 0 heterocycles. The van der Waals surface area contributed by atoms with Crippen LogP contribution >= 0.6 is 0 Å². The van der Waals surface area contributed by atoms with Gasteiger partial charge in [0, 0.05) is 18.7 Å². The minimum Gasteiger partial charge on any atom is -0.397 e. The number of likely N-dealkylation sites (N-methyl/N-ethyl adjacent to an activating group) is 1. The molecule has 0 aliphatic carbocycles. The number of anilines is 2. The number of benzene rings is 1. The first-order valence-electron chi connectivity index (χ1n) is 5.53. The van der Waals surface area contributed by atoms with Gasteiger partial charge >= 0.3 is 0 Å². The van der Waals surface area contributed by atoms with Crippen molar-refractivity contribution in [3.63, 3.8) is 0 Å². The molecule has 4 N–H and O–H groups in total. The van der Waals surface area contributed by atoms with Gasteiger partial charge in [0.15, 0.2) is 0 Å². The molecule has 0 saturated carbocycles. The summed E-state index contributed by atoms with van der Waals surface area (Å²) in [4.78, 5) is 21.5. The van der Waals surface area contributed by atoms with Crippen molar-refractivity contribution in [3.05, 3.63) is 28.3 Å². The Balaban J connectivity index is 2.79. The number of nitrogens with one attached hydrogen (secondary N) is 2. The molecule has 0 aromatic heterocycles. The Hall–Kier alpha value is -2.31. The van der Waals surface area contributed by atoms with Crippen molar-refractivity contribution in [1.29, 1.82) is 0 Å². The maximum absolute atomic E-state index is 11.5. The first-order valence-corrected chi connectivity index (χ1v) is 5.53. The van der Waals surface area contributed by atoms with E-state index in [1.54, 1.807) is 6.92 Å². The van der Waals surface area contributed by atoms with E-state index in [0.29, 0.717) is 12.2 Å². The lowest BCUT2D eigenvalue weighted by Gasteiger charge is -2.15. The lowest BCUT2D eigenvalue weighted by Crippen LogP contribution is -2.37. The lowest BCUT2D eigenvalue weighted by atomic mass is 10.2. The van der Waals surface area contributed by atoms with E-state index in [0.717, 1.165) is 0 Å². The number of nitrogen functional groups attached to an aromatic ring is 1. The summed E-state index contributed by atoms with van der Waals surface area (Å²) in [6, 6.07) is 3.62. The zero-order chi connectivity index (χ0) is 13.7. The summed E-state index contributed by atoms with van der Waals surface area (Å²) in [5.74, 6) is -0.157. The van der Waals surface area contributed by atoms with Crippen molar-refractivity contribution >= 4 is 23.0 Å². The van der Waals surface area contributed by atoms with Gasteiger partial charge in [-0.05, 0) is 19.9 Å². The van der Waals surface area contributed by atoms with Crippen LogP contribution in [0.2, 0.25) is 0 Å². The number of non-ortho nitro benzene ring substituents is 1. The summed E-state index contributed by atoms with van der Waals surface area (Å²) < 4.78 is 0. The number of carbonyl (C=O) groups is 1. The van der Waals surface area contributed by atoms with Gasteiger partial charge in [-0.1, -0.05) is 0 Å². The molecule has 0 aliphatic heterocycles. The van der Waals surface area contributed by atoms with E-state index < -0.39 is 11.0 Å². The number of nitrogens with zero attached hydrogens (tertiary/aromatic N) is 1. The van der Waals surface area contributed by atoms with Crippen LogP contribution in [0.1, 0.15) is 13.8 Å². The number of hydrogen-bond acceptors (Lipinski definition) is 5. The molecular formula is C11H16N4O3. The first kappa shape index (κ1) is 13.8. The predicted molar refractivity (Wildman–Crippen MR) is 69.3 cm³/mol. The quantitative estimate of drug-likeness (QED) is 0.413. The van der Waals surface area contributed by atoms with E-state index in [-0.39, 0.29) is 17.3 Å². The second kappa shape index (κ2) is 5.85. The summed E-state index contributed by atoms with van der Waals surface area (Å²) >= 11 is 0. The van der Waals surface area contributed by atoms with E-state index in [4.69, 9.17) is 5.73 Å². The average Bonchev–Trinajstić information content (AvgIpc) is 2.31. The van der Waals surface area contributed by atoms with E-state index in [2.05, 4.69) is 10.6 Å². The smallest absolute Gasteiger partial charge is 0.271 e. The molecule has 1 unspecified atom stereocenters. The average molecular weight is 252 g/mol. The summed E-state index contributed by atoms with van der Waals surface area (Å²) in [6.07, 6.45) is 0. The molecule has 0 bridgehead atoms. The summed E-state index contributed by atoms with van der Waals surface area (Å²) in [5.41, 5.74) is 6.34. The molecule has 0 radical (unpaired) electrons. The fraction of sp³-hybridized carbons (Fsp3) is 0.364. The highest BCUT2D eigenvalue weighted by Crippen LogP contribution is 2.24. The minimum absolute atomic E-state index is 0.0799. The SMILES string of the molecule is CCNC(=O)C(C)Nc1ccc([N+](=O)[O-])cc1N. The standard InChI is InChI=1S/C11H16N4O3/c1-3-13-11(16)7(2)14-10-5-4-8(15(17)18)6-9(10)12/h4-7,14H,3,12H2,1-2H3,(H,13,16). The molecule has 0 aliphatic rings. The number of nitro benzene ring substituents is 1. The molecular weight excluding hydrogens is 236 g/mol. The largest absolute Gasteiger partial charge is 0.397 e. The lowest BCUT2D eigenvalue weighted by molar-refractivity contribution is -0.384. The molecule has 98 valence electrons. The number of nitrogens with two attached hydrogens (primary N) is 1. The van der Waals surface area contributed by atoms with Crippen LogP contribution in [0.5, 0.6) is 0 Å². The summed E-state index contributed by atoms with van der Waals surface area (Å²) in [7, 11) is 0. The predicted octanol–water partition coefficient (Wildman–Crippen LogP) is 1.11. The zero-order valence-corrected chi connectivity index (χ0v) is 10.3. The van der Waals surface area contributed by atoms with Crippen LogP contribution < -0.4 is 16.4 Å². The Morgan fingerprint density at radius 3 is 2.72 bits per heavy atom. The normalized spacial score (nSPS) is 11.7. The van der Waals surface area contributed by atoms with Gasteiger partial charge in [-0.2, -0.15) is 0 Å². The third kappa shape index (κ3) is 3.34. The topological polar surface area (TPSA) is 110 Å². The maximum atomic E-state index is 11.5. The maximum Gasteiger partial charge on any atom is 0.271 e. The molecule has 1 aromatic rings. The Kier molecular flexibility index (Phi) is 4.47. The van der Waals surface area contributed by atoms with Crippen molar-refractivity contribution in [3.8, 4) is 0 Å². The molecule has 1 rings (SSSR count). The third-order valence-corrected chi connectivity index (χ3v) is 2.36. The molecule has 0 fully saturated rings. The van der Waals surface area contributed by atoms with Gasteiger partial charge in [0.1, 0.15) is 6.04 Å². The van der Waals surface area contributed by atoms with Crippen LogP contribution in [0.25, 0.3) is 0 Å². The molecule has 1 aromatic carbocycles. The molecule has 0 spiro atoms. The van der Waals surface area contributed by atoms with Crippen molar-refractivity contribution in [2.24, 2.45) is 0 Å². The third-order valence-electron chi connectivity index (χ3n) is 2.36. The Labute approximate surface area is 105 Å². The fourth-order valence-corrected chi connectivity index (χ4v) is 1.42. The molecule has 1 amide bonds. The number of hydrogen-bond donors (Lipinski definition) is 3. The second-order valence-corrected chi connectivity index (χ2v) is 3.79. The van der Waals surface area contributed by atoms with Crippen LogP contribution in [0.4, 0.5) is 17.1 Å². The Morgan fingerprint density at radius 1 is 1.56 bits per heavy atom. The number of nitro groups is 1. The number of carbonyl (C=O) groups excluding carboxylic acids is 1. The van der Waals surface area contributed by atoms with E-state index in [1.165, 1.54) is 18.2 Å². The van der Waals surface area contributed by atoms with E-state index in [9.17, 15) is 14.9 Å². The van der Waals surface area contributed by atoms with E-state index >= 15 is 0 Å². The van der Waals surface area contributed by atoms with Crippen molar-refractivity contribution in [2.75, 3.05) is 17.6 Å². The van der Waals surface area contributed by atoms with Crippen molar-refractivity contribution in [2.45, 2.75) is 19.9 Å². The molecule has 7 nitrogen and oxygen atoms in total. The molecule has 18 heavy (non-hydrogen) atoms. The minimum atomic E-state index is -0.520. The van der Waals surface area contributed by atoms with Crippen LogP contribution in [0.15, 0.2) is 18.2 Å². The summed E-state index contributed by atoms with van der Waals surface area (Å²) in [5, 5.41) is 16.1. The van der Waals surface area contributed by atoms with Crippen molar-refractivity contribution in [1.82, 2.24) is 5.32 Å². The van der Waals surface area contributed by atoms with Gasteiger partial charge in [0.25, 0.3) is 5.69 Å². The monoisotopic (exact) mass is 252 g/mol. The van der Waals surface area contributed by atoms with Crippen LogP contribution in [-0.4, -0.2) is 23.4 Å². The van der Waals surface area contributed by atoms with Gasteiger partial charge in [0.05, 0.1) is 16.3 Å². The fourth-order valence-electron chi connectivity index (χ4n) is 1.42. The first-order chi connectivity index (χ1) is 8.45. The van der Waals surface area contributed by atoms with Gasteiger partial charge < -0.3 is 16.4 Å². The highest BCUT2D eigenvalue weighted by atomic mass is 16.6. The molecule has 7 heteroatoms. The second-order valence-electron chi connectivity index (χ2n) is 3.79. The number of amides is 1. The summed E-state index contributed by atoms with van der Waals surface area (Å²) in [6.45, 7) is 4.05. The van der Waals surface area contributed by atoms with Gasteiger partial charge in [-0.3, -0.25) is 14.9 Å². The van der Waals surface area contributed by atoms with Crippen LogP contribution in [0, 0.1) is 10.1 Å². The van der Waals surface area contributed by atoms with Crippen LogP contribution in [-0.2, 0) is 4.79 Å². The highest BCUT2D eigenvalue weighted by molar-refractivity contribution is 5.85.